The monoisotopic (exact) mass is 1030 g/mol. The number of aliphatic hydroxyl groups excluding tert-OH is 2. The molecule has 0 saturated carbocycles. The average Bonchev–Trinajstić information content (AvgIpc) is 3.39. The highest BCUT2D eigenvalue weighted by molar-refractivity contribution is 5.76. The Labute approximate surface area is 455 Å². The summed E-state index contributed by atoms with van der Waals surface area (Å²) < 4.78 is 5.49. The van der Waals surface area contributed by atoms with Crippen LogP contribution in [0.3, 0.4) is 0 Å². The van der Waals surface area contributed by atoms with Crippen LogP contribution in [0.1, 0.15) is 354 Å². The number of unbranched alkanes of at least 4 members (excludes halogenated alkanes) is 44. The van der Waals surface area contributed by atoms with Gasteiger partial charge in [0, 0.05) is 12.8 Å². The van der Waals surface area contributed by atoms with Gasteiger partial charge in [0.15, 0.2) is 0 Å². The SMILES string of the molecule is CCCCCC/C=C\C/C=C\CCCCCCCCCC(=O)OCCCCCCCCCC/C=C\CCCCCCCCCC(=O)NC(CO)C(O)CCCCCCCCCCCCCCCCCCCCC. The fourth-order valence-corrected chi connectivity index (χ4v) is 10.1. The summed E-state index contributed by atoms with van der Waals surface area (Å²) in [6, 6.07) is -0.550. The van der Waals surface area contributed by atoms with E-state index in [2.05, 4.69) is 55.6 Å². The predicted octanol–water partition coefficient (Wildman–Crippen LogP) is 20.8. The topological polar surface area (TPSA) is 95.9 Å². The van der Waals surface area contributed by atoms with Gasteiger partial charge in [0.05, 0.1) is 25.4 Å². The van der Waals surface area contributed by atoms with Gasteiger partial charge in [-0.25, -0.2) is 0 Å². The van der Waals surface area contributed by atoms with Gasteiger partial charge in [-0.15, -0.1) is 0 Å². The van der Waals surface area contributed by atoms with Crippen molar-refractivity contribution in [2.75, 3.05) is 13.2 Å². The number of esters is 1. The Kier molecular flexibility index (Phi) is 61.0. The summed E-state index contributed by atoms with van der Waals surface area (Å²) in [7, 11) is 0. The molecule has 0 spiro atoms. The van der Waals surface area contributed by atoms with Crippen LogP contribution in [0.15, 0.2) is 36.5 Å². The molecule has 0 aromatic carbocycles. The van der Waals surface area contributed by atoms with Crippen LogP contribution >= 0.6 is 0 Å². The maximum atomic E-state index is 12.5. The molecular formula is C67H127NO5. The van der Waals surface area contributed by atoms with E-state index in [4.69, 9.17) is 4.74 Å². The van der Waals surface area contributed by atoms with Gasteiger partial charge in [0.2, 0.25) is 5.91 Å². The summed E-state index contributed by atoms with van der Waals surface area (Å²) >= 11 is 0. The van der Waals surface area contributed by atoms with Gasteiger partial charge in [-0.1, -0.05) is 294 Å². The van der Waals surface area contributed by atoms with Crippen LogP contribution in [0, 0.1) is 0 Å². The summed E-state index contributed by atoms with van der Waals surface area (Å²) in [6.45, 7) is 4.94. The number of ether oxygens (including phenoxy) is 1. The molecule has 73 heavy (non-hydrogen) atoms. The summed E-state index contributed by atoms with van der Waals surface area (Å²) in [6.07, 6.45) is 78.7. The smallest absolute Gasteiger partial charge is 0.305 e. The third kappa shape index (κ3) is 59.2. The van der Waals surface area contributed by atoms with Crippen LogP contribution in [0.25, 0.3) is 0 Å². The first-order valence-corrected chi connectivity index (χ1v) is 32.7. The number of carbonyl (C=O) groups excluding carboxylic acids is 2. The van der Waals surface area contributed by atoms with Crippen molar-refractivity contribution in [2.24, 2.45) is 0 Å². The zero-order valence-electron chi connectivity index (χ0n) is 49.1. The Morgan fingerprint density at radius 2 is 0.685 bits per heavy atom. The zero-order chi connectivity index (χ0) is 52.9. The molecular weight excluding hydrogens is 899 g/mol. The second-order valence-corrected chi connectivity index (χ2v) is 22.4. The molecule has 2 unspecified atom stereocenters. The molecule has 0 aliphatic rings. The Balaban J connectivity index is 3.44. The van der Waals surface area contributed by atoms with E-state index in [9.17, 15) is 19.8 Å². The number of carbonyl (C=O) groups is 2. The maximum Gasteiger partial charge on any atom is 0.305 e. The highest BCUT2D eigenvalue weighted by atomic mass is 16.5. The molecule has 2 atom stereocenters. The Hall–Kier alpha value is -1.92. The number of aliphatic hydroxyl groups is 2. The van der Waals surface area contributed by atoms with Crippen LogP contribution in [0.2, 0.25) is 0 Å². The molecule has 6 heteroatoms. The van der Waals surface area contributed by atoms with E-state index in [1.807, 2.05) is 0 Å². The second-order valence-electron chi connectivity index (χ2n) is 22.4. The lowest BCUT2D eigenvalue weighted by Gasteiger charge is -2.22. The number of hydrogen-bond donors (Lipinski definition) is 3. The minimum atomic E-state index is -0.672. The first-order valence-electron chi connectivity index (χ1n) is 32.7. The number of nitrogens with one attached hydrogen (secondary N) is 1. The lowest BCUT2D eigenvalue weighted by Crippen LogP contribution is -2.45. The van der Waals surface area contributed by atoms with Crippen molar-refractivity contribution in [3.8, 4) is 0 Å². The van der Waals surface area contributed by atoms with Crippen molar-refractivity contribution in [1.82, 2.24) is 5.32 Å². The number of rotatable bonds is 61. The van der Waals surface area contributed by atoms with Gasteiger partial charge in [-0.2, -0.15) is 0 Å². The molecule has 0 rings (SSSR count). The number of amides is 1. The summed E-state index contributed by atoms with van der Waals surface area (Å²) in [5, 5.41) is 23.4. The van der Waals surface area contributed by atoms with E-state index in [1.165, 1.54) is 270 Å². The minimum absolute atomic E-state index is 0.00289. The molecule has 430 valence electrons. The quantitative estimate of drug-likeness (QED) is 0.0320. The molecule has 0 radical (unpaired) electrons. The van der Waals surface area contributed by atoms with Crippen LogP contribution in [0.5, 0.6) is 0 Å². The molecule has 1 amide bonds. The molecule has 0 fully saturated rings. The predicted molar refractivity (Wildman–Crippen MR) is 319 cm³/mol. The molecule has 0 aliphatic carbocycles. The third-order valence-electron chi connectivity index (χ3n) is 15.2. The van der Waals surface area contributed by atoms with Crippen molar-refractivity contribution < 1.29 is 24.5 Å². The minimum Gasteiger partial charge on any atom is -0.466 e. The zero-order valence-corrected chi connectivity index (χ0v) is 49.1. The first-order chi connectivity index (χ1) is 36.0. The molecule has 0 aliphatic heterocycles. The molecule has 0 aromatic heterocycles. The van der Waals surface area contributed by atoms with Crippen molar-refractivity contribution in [2.45, 2.75) is 366 Å². The van der Waals surface area contributed by atoms with Gasteiger partial charge in [-0.05, 0) is 83.5 Å². The summed E-state index contributed by atoms with van der Waals surface area (Å²) in [5.41, 5.74) is 0. The average molecular weight is 1030 g/mol. The van der Waals surface area contributed by atoms with E-state index in [0.717, 1.165) is 51.4 Å². The van der Waals surface area contributed by atoms with Crippen LogP contribution in [-0.2, 0) is 14.3 Å². The van der Waals surface area contributed by atoms with Crippen LogP contribution < -0.4 is 5.32 Å². The van der Waals surface area contributed by atoms with Crippen LogP contribution in [0.4, 0.5) is 0 Å². The maximum absolute atomic E-state index is 12.5. The molecule has 0 saturated heterocycles. The fraction of sp³-hybridized carbons (Fsp3) is 0.881. The van der Waals surface area contributed by atoms with Gasteiger partial charge < -0.3 is 20.3 Å². The van der Waals surface area contributed by atoms with E-state index in [0.29, 0.717) is 25.9 Å². The lowest BCUT2D eigenvalue weighted by atomic mass is 10.0. The Morgan fingerprint density at radius 1 is 0.384 bits per heavy atom. The normalized spacial score (nSPS) is 12.8. The Bertz CT molecular complexity index is 1180. The van der Waals surface area contributed by atoms with E-state index in [-0.39, 0.29) is 18.5 Å². The number of allylic oxidation sites excluding steroid dienone is 6. The third-order valence-corrected chi connectivity index (χ3v) is 15.2. The fourth-order valence-electron chi connectivity index (χ4n) is 10.1. The van der Waals surface area contributed by atoms with Crippen molar-refractivity contribution >= 4 is 11.9 Å². The molecule has 3 N–H and O–H groups in total. The highest BCUT2D eigenvalue weighted by Crippen LogP contribution is 2.18. The van der Waals surface area contributed by atoms with E-state index in [1.54, 1.807) is 0 Å². The van der Waals surface area contributed by atoms with E-state index < -0.39 is 12.1 Å². The molecule has 6 nitrogen and oxygen atoms in total. The van der Waals surface area contributed by atoms with Crippen LogP contribution in [-0.4, -0.2) is 47.4 Å². The largest absolute Gasteiger partial charge is 0.466 e. The summed E-state index contributed by atoms with van der Waals surface area (Å²) in [5.74, 6) is -0.0450. The lowest BCUT2D eigenvalue weighted by molar-refractivity contribution is -0.143. The van der Waals surface area contributed by atoms with Gasteiger partial charge >= 0.3 is 5.97 Å². The first kappa shape index (κ1) is 71.1. The standard InChI is InChI=1S/C67H127NO5/c1-3-5-7-9-11-13-15-17-19-21-24-27-31-35-39-43-47-51-55-59-65(70)64(63-69)68-66(71)60-56-52-48-44-40-36-32-28-25-23-26-30-34-38-42-46-50-54-58-62-73-67(72)61-57-53-49-45-41-37-33-29-22-20-18-16-14-12-10-8-6-4-2/h14,16,20,22-23,25,64-65,69-70H,3-13,15,17-19,21,24,26-63H2,1-2H3,(H,68,71)/b16-14-,22-20-,25-23-. The van der Waals surface area contributed by atoms with Crippen molar-refractivity contribution in [1.29, 1.82) is 0 Å². The van der Waals surface area contributed by atoms with Crippen molar-refractivity contribution in [3.63, 3.8) is 0 Å². The van der Waals surface area contributed by atoms with Crippen molar-refractivity contribution in [3.05, 3.63) is 36.5 Å². The van der Waals surface area contributed by atoms with Gasteiger partial charge in [-0.3, -0.25) is 9.59 Å². The molecule has 0 heterocycles. The van der Waals surface area contributed by atoms with Gasteiger partial charge in [0.25, 0.3) is 0 Å². The van der Waals surface area contributed by atoms with E-state index >= 15 is 0 Å². The highest BCUT2D eigenvalue weighted by Gasteiger charge is 2.20. The molecule has 0 bridgehead atoms. The Morgan fingerprint density at radius 3 is 1.07 bits per heavy atom. The summed E-state index contributed by atoms with van der Waals surface area (Å²) in [4.78, 5) is 24.6. The second kappa shape index (κ2) is 62.6. The molecule has 0 aromatic rings. The van der Waals surface area contributed by atoms with Gasteiger partial charge in [0.1, 0.15) is 0 Å². The number of hydrogen-bond acceptors (Lipinski definition) is 5.